The summed E-state index contributed by atoms with van der Waals surface area (Å²) in [5.41, 5.74) is 6.84. The molecule has 1 saturated carbocycles. The summed E-state index contributed by atoms with van der Waals surface area (Å²) >= 11 is 0. The molecule has 0 aliphatic heterocycles. The van der Waals surface area contributed by atoms with E-state index < -0.39 is 5.54 Å². The first-order chi connectivity index (χ1) is 9.10. The highest BCUT2D eigenvalue weighted by atomic mass is 16.2. The Balaban J connectivity index is 1.88. The lowest BCUT2D eigenvalue weighted by atomic mass is 9.81. The molecular weight excluding hydrogens is 236 g/mol. The molecule has 0 saturated heterocycles. The number of carbonyl (C=O) groups excluding carboxylic acids is 1. The summed E-state index contributed by atoms with van der Waals surface area (Å²) < 4.78 is 0. The molecule has 1 unspecified atom stereocenters. The number of benzene rings is 1. The topological polar surface area (TPSA) is 55.1 Å². The molecule has 1 fully saturated rings. The van der Waals surface area contributed by atoms with Crippen molar-refractivity contribution in [2.75, 3.05) is 0 Å². The van der Waals surface area contributed by atoms with Crippen molar-refractivity contribution in [3.8, 4) is 0 Å². The van der Waals surface area contributed by atoms with Gasteiger partial charge < -0.3 is 11.1 Å². The van der Waals surface area contributed by atoms with E-state index in [1.807, 2.05) is 25.1 Å². The van der Waals surface area contributed by atoms with Gasteiger partial charge in [-0.15, -0.1) is 0 Å². The fourth-order valence-electron chi connectivity index (χ4n) is 2.80. The standard InChI is InChI=1S/C16H24N2O/c1-13(12-14-8-4-2-5-9-14)18-15(19)16(17)10-6-3-7-11-16/h2,4-5,8-9,13H,3,6-7,10-12,17H2,1H3,(H,18,19). The molecule has 2 rings (SSSR count). The molecule has 3 nitrogen and oxygen atoms in total. The Bertz CT molecular complexity index is 410. The van der Waals surface area contributed by atoms with Crippen molar-refractivity contribution in [1.29, 1.82) is 0 Å². The van der Waals surface area contributed by atoms with E-state index in [9.17, 15) is 4.79 Å². The van der Waals surface area contributed by atoms with E-state index in [0.717, 1.165) is 32.1 Å². The number of nitrogens with one attached hydrogen (secondary N) is 1. The maximum atomic E-state index is 12.3. The largest absolute Gasteiger partial charge is 0.352 e. The van der Waals surface area contributed by atoms with Crippen LogP contribution >= 0.6 is 0 Å². The molecule has 19 heavy (non-hydrogen) atoms. The minimum atomic E-state index is -0.636. The maximum absolute atomic E-state index is 12.3. The van der Waals surface area contributed by atoms with E-state index in [-0.39, 0.29) is 11.9 Å². The van der Waals surface area contributed by atoms with Gasteiger partial charge in [-0.1, -0.05) is 49.6 Å². The van der Waals surface area contributed by atoms with E-state index >= 15 is 0 Å². The Morgan fingerprint density at radius 1 is 1.26 bits per heavy atom. The summed E-state index contributed by atoms with van der Waals surface area (Å²) in [4.78, 5) is 12.3. The molecule has 1 aromatic rings. The molecule has 1 aliphatic rings. The molecule has 0 aromatic heterocycles. The van der Waals surface area contributed by atoms with Crippen molar-refractivity contribution in [3.63, 3.8) is 0 Å². The van der Waals surface area contributed by atoms with E-state index in [0.29, 0.717) is 0 Å². The summed E-state index contributed by atoms with van der Waals surface area (Å²) in [7, 11) is 0. The quantitative estimate of drug-likeness (QED) is 0.873. The second kappa shape index (κ2) is 6.20. The number of amides is 1. The summed E-state index contributed by atoms with van der Waals surface area (Å²) in [5, 5.41) is 3.07. The molecule has 3 N–H and O–H groups in total. The smallest absolute Gasteiger partial charge is 0.240 e. The Kier molecular flexibility index (Phi) is 4.59. The zero-order valence-corrected chi connectivity index (χ0v) is 11.7. The highest BCUT2D eigenvalue weighted by Gasteiger charge is 2.35. The third-order valence-electron chi connectivity index (χ3n) is 3.96. The average Bonchev–Trinajstić information content (AvgIpc) is 2.40. The van der Waals surface area contributed by atoms with Gasteiger partial charge in [0, 0.05) is 6.04 Å². The van der Waals surface area contributed by atoms with Crippen LogP contribution in [-0.2, 0) is 11.2 Å². The lowest BCUT2D eigenvalue weighted by Crippen LogP contribution is -2.56. The van der Waals surface area contributed by atoms with Crippen LogP contribution in [0.3, 0.4) is 0 Å². The number of nitrogens with two attached hydrogens (primary N) is 1. The van der Waals surface area contributed by atoms with Crippen LogP contribution in [0.2, 0.25) is 0 Å². The average molecular weight is 260 g/mol. The fourth-order valence-corrected chi connectivity index (χ4v) is 2.80. The Morgan fingerprint density at radius 3 is 2.53 bits per heavy atom. The number of carbonyl (C=O) groups is 1. The van der Waals surface area contributed by atoms with Gasteiger partial charge in [-0.25, -0.2) is 0 Å². The van der Waals surface area contributed by atoms with Crippen molar-refractivity contribution < 1.29 is 4.79 Å². The number of rotatable bonds is 4. The minimum Gasteiger partial charge on any atom is -0.352 e. The van der Waals surface area contributed by atoms with E-state index in [4.69, 9.17) is 5.73 Å². The minimum absolute atomic E-state index is 0.0237. The van der Waals surface area contributed by atoms with Gasteiger partial charge >= 0.3 is 0 Å². The predicted octanol–water partition coefficient (Wildman–Crippen LogP) is 2.40. The van der Waals surface area contributed by atoms with Gasteiger partial charge in [0.25, 0.3) is 0 Å². The first kappa shape index (κ1) is 14.1. The molecule has 0 heterocycles. The van der Waals surface area contributed by atoms with Crippen molar-refractivity contribution in [2.24, 2.45) is 5.73 Å². The highest BCUT2D eigenvalue weighted by Crippen LogP contribution is 2.26. The third-order valence-corrected chi connectivity index (χ3v) is 3.96. The second-order valence-corrected chi connectivity index (χ2v) is 5.78. The third kappa shape index (κ3) is 3.80. The molecule has 1 aliphatic carbocycles. The zero-order valence-electron chi connectivity index (χ0n) is 11.7. The van der Waals surface area contributed by atoms with Crippen LogP contribution in [0.15, 0.2) is 30.3 Å². The fraction of sp³-hybridized carbons (Fsp3) is 0.562. The van der Waals surface area contributed by atoms with Gasteiger partial charge in [-0.2, -0.15) is 0 Å². The first-order valence-electron chi connectivity index (χ1n) is 7.24. The molecule has 104 valence electrons. The van der Waals surface area contributed by atoms with E-state index in [1.54, 1.807) is 0 Å². The normalized spacial score (nSPS) is 19.7. The van der Waals surface area contributed by atoms with Gasteiger partial charge in [0.15, 0.2) is 0 Å². The van der Waals surface area contributed by atoms with Crippen LogP contribution in [0.1, 0.15) is 44.6 Å². The second-order valence-electron chi connectivity index (χ2n) is 5.78. The molecule has 1 atom stereocenters. The first-order valence-corrected chi connectivity index (χ1v) is 7.24. The van der Waals surface area contributed by atoms with Crippen molar-refractivity contribution in [3.05, 3.63) is 35.9 Å². The zero-order chi connectivity index (χ0) is 13.7. The highest BCUT2D eigenvalue weighted by molar-refractivity contribution is 5.86. The van der Waals surface area contributed by atoms with Crippen LogP contribution in [0.5, 0.6) is 0 Å². The number of hydrogen-bond donors (Lipinski definition) is 2. The summed E-state index contributed by atoms with van der Waals surface area (Å²) in [6, 6.07) is 10.3. The Labute approximate surface area is 115 Å². The van der Waals surface area contributed by atoms with Crippen molar-refractivity contribution in [1.82, 2.24) is 5.32 Å². The summed E-state index contributed by atoms with van der Waals surface area (Å²) in [6.45, 7) is 2.04. The summed E-state index contributed by atoms with van der Waals surface area (Å²) in [6.07, 6.45) is 5.82. The van der Waals surface area contributed by atoms with Crippen LogP contribution in [0, 0.1) is 0 Å². The SMILES string of the molecule is CC(Cc1ccccc1)NC(=O)C1(N)CCCCC1. The monoisotopic (exact) mass is 260 g/mol. The van der Waals surface area contributed by atoms with E-state index in [2.05, 4.69) is 17.4 Å². The Hall–Kier alpha value is -1.35. The van der Waals surface area contributed by atoms with Gasteiger partial charge in [0.2, 0.25) is 5.91 Å². The molecule has 0 radical (unpaired) electrons. The van der Waals surface area contributed by atoms with Gasteiger partial charge in [0.1, 0.15) is 0 Å². The molecule has 0 spiro atoms. The van der Waals surface area contributed by atoms with Crippen LogP contribution in [-0.4, -0.2) is 17.5 Å². The molecule has 3 heteroatoms. The Morgan fingerprint density at radius 2 is 1.89 bits per heavy atom. The number of hydrogen-bond acceptors (Lipinski definition) is 2. The van der Waals surface area contributed by atoms with Crippen LogP contribution in [0.4, 0.5) is 0 Å². The van der Waals surface area contributed by atoms with Gasteiger partial charge in [-0.05, 0) is 31.7 Å². The van der Waals surface area contributed by atoms with Gasteiger partial charge in [0.05, 0.1) is 5.54 Å². The van der Waals surface area contributed by atoms with Crippen molar-refractivity contribution >= 4 is 5.91 Å². The maximum Gasteiger partial charge on any atom is 0.240 e. The lowest BCUT2D eigenvalue weighted by molar-refractivity contribution is -0.128. The summed E-state index contributed by atoms with van der Waals surface area (Å²) in [5.74, 6) is 0.0237. The van der Waals surface area contributed by atoms with Crippen LogP contribution < -0.4 is 11.1 Å². The lowest BCUT2D eigenvalue weighted by Gasteiger charge is -2.33. The van der Waals surface area contributed by atoms with Crippen LogP contribution in [0.25, 0.3) is 0 Å². The molecular formula is C16H24N2O. The molecule has 1 amide bonds. The predicted molar refractivity (Wildman–Crippen MR) is 77.8 cm³/mol. The van der Waals surface area contributed by atoms with E-state index in [1.165, 1.54) is 12.0 Å². The molecule has 1 aromatic carbocycles. The van der Waals surface area contributed by atoms with Gasteiger partial charge in [-0.3, -0.25) is 4.79 Å². The van der Waals surface area contributed by atoms with Crippen molar-refractivity contribution in [2.45, 2.75) is 57.0 Å². The molecule has 0 bridgehead atoms.